The molecule has 2 rings (SSSR count). The molecule has 1 aliphatic carbocycles. The number of carbonyl (C=O) groups excluding carboxylic acids is 1. The van der Waals surface area contributed by atoms with Crippen LogP contribution in [0.1, 0.15) is 50.1 Å². The number of carbonyl (C=O) groups is 1. The highest BCUT2D eigenvalue weighted by Crippen LogP contribution is 2.31. The smallest absolute Gasteiger partial charge is 0.234 e. The van der Waals surface area contributed by atoms with Gasteiger partial charge in [0.2, 0.25) is 5.91 Å². The number of nitrogens with one attached hydrogen (secondary N) is 1. The second-order valence-corrected chi connectivity index (χ2v) is 5.47. The van der Waals surface area contributed by atoms with Crippen LogP contribution in [0.25, 0.3) is 0 Å². The first-order chi connectivity index (χ1) is 9.29. The van der Waals surface area contributed by atoms with Gasteiger partial charge in [-0.1, -0.05) is 62.4 Å². The van der Waals surface area contributed by atoms with Gasteiger partial charge >= 0.3 is 0 Å². The van der Waals surface area contributed by atoms with Gasteiger partial charge in [0.05, 0.1) is 12.6 Å². The zero-order chi connectivity index (χ0) is 13.5. The molecule has 0 aliphatic heterocycles. The molecule has 112 valence electrons. The second-order valence-electron chi connectivity index (χ2n) is 5.47. The average Bonchev–Trinajstić information content (AvgIpc) is 2.48. The first-order valence-corrected chi connectivity index (χ1v) is 7.34. The summed E-state index contributed by atoms with van der Waals surface area (Å²) in [4.78, 5) is 11.6. The van der Waals surface area contributed by atoms with Gasteiger partial charge in [-0.3, -0.25) is 4.79 Å². The van der Waals surface area contributed by atoms with Crippen molar-refractivity contribution in [2.75, 3.05) is 6.54 Å². The van der Waals surface area contributed by atoms with E-state index in [1.807, 2.05) is 18.2 Å². The van der Waals surface area contributed by atoms with Crippen LogP contribution in [0.4, 0.5) is 0 Å². The number of amides is 1. The predicted molar refractivity (Wildman–Crippen MR) is 84.8 cm³/mol. The first kappa shape index (κ1) is 17.0. The molecule has 20 heavy (non-hydrogen) atoms. The minimum absolute atomic E-state index is 0. The summed E-state index contributed by atoms with van der Waals surface area (Å²) in [5, 5.41) is 3.07. The molecule has 1 aromatic carbocycles. The molecule has 0 heterocycles. The Morgan fingerprint density at radius 3 is 2.45 bits per heavy atom. The molecule has 0 spiro atoms. The molecule has 3 nitrogen and oxygen atoms in total. The SMILES string of the molecule is Cl.NCC(=O)NC(CC1CCCCC1)c1ccccc1. The summed E-state index contributed by atoms with van der Waals surface area (Å²) in [5.41, 5.74) is 6.61. The molecule has 4 heteroatoms. The third kappa shape index (κ3) is 5.14. The number of nitrogens with two attached hydrogens (primary N) is 1. The van der Waals surface area contributed by atoms with E-state index in [4.69, 9.17) is 5.73 Å². The zero-order valence-electron chi connectivity index (χ0n) is 11.9. The number of hydrogen-bond donors (Lipinski definition) is 2. The summed E-state index contributed by atoms with van der Waals surface area (Å²) in [6.07, 6.45) is 7.65. The Balaban J connectivity index is 0.00000200. The Kier molecular flexibility index (Phi) is 7.63. The van der Waals surface area contributed by atoms with Crippen LogP contribution in [-0.2, 0) is 4.79 Å². The lowest BCUT2D eigenvalue weighted by Gasteiger charge is -2.27. The van der Waals surface area contributed by atoms with Gasteiger partial charge in [0, 0.05) is 0 Å². The standard InChI is InChI=1S/C16H24N2O.ClH/c17-12-16(19)18-15(14-9-5-2-6-10-14)11-13-7-3-1-4-8-13;/h2,5-6,9-10,13,15H,1,3-4,7-8,11-12,17H2,(H,18,19);1H. The molecule has 1 unspecified atom stereocenters. The van der Waals surface area contributed by atoms with Gasteiger partial charge in [-0.15, -0.1) is 12.4 Å². The number of benzene rings is 1. The van der Waals surface area contributed by atoms with Crippen molar-refractivity contribution in [1.82, 2.24) is 5.32 Å². The van der Waals surface area contributed by atoms with Crippen molar-refractivity contribution in [2.45, 2.75) is 44.6 Å². The number of halogens is 1. The van der Waals surface area contributed by atoms with Crippen LogP contribution >= 0.6 is 12.4 Å². The fourth-order valence-electron chi connectivity index (χ4n) is 2.97. The molecule has 0 saturated heterocycles. The van der Waals surface area contributed by atoms with Gasteiger partial charge in [0.15, 0.2) is 0 Å². The fraction of sp³-hybridized carbons (Fsp3) is 0.562. The molecular weight excluding hydrogens is 272 g/mol. The normalized spacial score (nSPS) is 17.1. The van der Waals surface area contributed by atoms with E-state index >= 15 is 0 Å². The summed E-state index contributed by atoms with van der Waals surface area (Å²) in [7, 11) is 0. The summed E-state index contributed by atoms with van der Waals surface area (Å²) in [6.45, 7) is 0.0635. The van der Waals surface area contributed by atoms with Gasteiger partial charge in [-0.25, -0.2) is 0 Å². The molecule has 0 radical (unpaired) electrons. The Labute approximate surface area is 127 Å². The van der Waals surface area contributed by atoms with Crippen molar-refractivity contribution in [3.8, 4) is 0 Å². The predicted octanol–water partition coefficient (Wildman–Crippen LogP) is 3.19. The third-order valence-corrected chi connectivity index (χ3v) is 4.02. The minimum Gasteiger partial charge on any atom is -0.348 e. The maximum absolute atomic E-state index is 11.6. The average molecular weight is 297 g/mol. The van der Waals surface area contributed by atoms with E-state index in [9.17, 15) is 4.79 Å². The number of hydrogen-bond acceptors (Lipinski definition) is 2. The quantitative estimate of drug-likeness (QED) is 0.877. The van der Waals surface area contributed by atoms with Gasteiger partial charge in [0.25, 0.3) is 0 Å². The monoisotopic (exact) mass is 296 g/mol. The van der Waals surface area contributed by atoms with Gasteiger partial charge in [0.1, 0.15) is 0 Å². The molecule has 3 N–H and O–H groups in total. The molecule has 1 amide bonds. The van der Waals surface area contributed by atoms with Gasteiger partial charge in [-0.2, -0.15) is 0 Å². The highest BCUT2D eigenvalue weighted by molar-refractivity contribution is 5.85. The van der Waals surface area contributed by atoms with Crippen LogP contribution in [0.15, 0.2) is 30.3 Å². The van der Waals surface area contributed by atoms with Gasteiger partial charge < -0.3 is 11.1 Å². The van der Waals surface area contributed by atoms with Crippen molar-refractivity contribution in [3.05, 3.63) is 35.9 Å². The van der Waals surface area contributed by atoms with Gasteiger partial charge in [-0.05, 0) is 17.9 Å². The van der Waals surface area contributed by atoms with Crippen LogP contribution in [0, 0.1) is 5.92 Å². The van der Waals surface area contributed by atoms with Crippen molar-refractivity contribution in [1.29, 1.82) is 0 Å². The van der Waals surface area contributed by atoms with Crippen molar-refractivity contribution >= 4 is 18.3 Å². The van der Waals surface area contributed by atoms with E-state index in [0.717, 1.165) is 12.3 Å². The minimum atomic E-state index is -0.0651. The Hall–Kier alpha value is -1.06. The largest absolute Gasteiger partial charge is 0.348 e. The third-order valence-electron chi connectivity index (χ3n) is 4.02. The van der Waals surface area contributed by atoms with Crippen LogP contribution in [-0.4, -0.2) is 12.5 Å². The highest BCUT2D eigenvalue weighted by Gasteiger charge is 2.21. The Morgan fingerprint density at radius 2 is 1.85 bits per heavy atom. The second kappa shape index (κ2) is 8.98. The van der Waals surface area contributed by atoms with Crippen molar-refractivity contribution in [2.24, 2.45) is 11.7 Å². The maximum atomic E-state index is 11.6. The topological polar surface area (TPSA) is 55.1 Å². The zero-order valence-corrected chi connectivity index (χ0v) is 12.7. The van der Waals surface area contributed by atoms with Crippen LogP contribution in [0.2, 0.25) is 0 Å². The molecule has 1 atom stereocenters. The first-order valence-electron chi connectivity index (χ1n) is 7.34. The van der Waals surface area contributed by atoms with E-state index in [1.165, 1.54) is 37.7 Å². The highest BCUT2D eigenvalue weighted by atomic mass is 35.5. The molecule has 1 fully saturated rings. The summed E-state index contributed by atoms with van der Waals surface area (Å²) in [5.74, 6) is 0.668. The van der Waals surface area contributed by atoms with Crippen molar-refractivity contribution in [3.63, 3.8) is 0 Å². The van der Waals surface area contributed by atoms with E-state index in [-0.39, 0.29) is 30.9 Å². The Bertz CT molecular complexity index is 391. The summed E-state index contributed by atoms with van der Waals surface area (Å²) >= 11 is 0. The van der Waals surface area contributed by atoms with E-state index < -0.39 is 0 Å². The summed E-state index contributed by atoms with van der Waals surface area (Å²) in [6, 6.07) is 10.3. The van der Waals surface area contributed by atoms with E-state index in [1.54, 1.807) is 0 Å². The molecule has 1 saturated carbocycles. The van der Waals surface area contributed by atoms with Crippen molar-refractivity contribution < 1.29 is 4.79 Å². The van der Waals surface area contributed by atoms with Crippen LogP contribution < -0.4 is 11.1 Å². The lowest BCUT2D eigenvalue weighted by atomic mass is 9.83. The lowest BCUT2D eigenvalue weighted by Crippen LogP contribution is -2.34. The molecule has 0 aromatic heterocycles. The molecule has 1 aliphatic rings. The van der Waals surface area contributed by atoms with Crippen LogP contribution in [0.5, 0.6) is 0 Å². The molecular formula is C16H25ClN2O. The maximum Gasteiger partial charge on any atom is 0.234 e. The fourth-order valence-corrected chi connectivity index (χ4v) is 2.97. The van der Waals surface area contributed by atoms with E-state index in [0.29, 0.717) is 0 Å². The Morgan fingerprint density at radius 1 is 1.20 bits per heavy atom. The molecule has 0 bridgehead atoms. The van der Waals surface area contributed by atoms with Crippen LogP contribution in [0.3, 0.4) is 0 Å². The lowest BCUT2D eigenvalue weighted by molar-refractivity contribution is -0.120. The summed E-state index contributed by atoms with van der Waals surface area (Å²) < 4.78 is 0. The number of rotatable bonds is 5. The van der Waals surface area contributed by atoms with E-state index in [2.05, 4.69) is 17.4 Å². The molecule has 1 aromatic rings.